The Hall–Kier alpha value is -0.530. The van der Waals surface area contributed by atoms with Crippen molar-refractivity contribution in [2.75, 3.05) is 6.61 Å². The lowest BCUT2D eigenvalue weighted by molar-refractivity contribution is -0.152. The summed E-state index contributed by atoms with van der Waals surface area (Å²) in [4.78, 5) is 11.5. The minimum Gasteiger partial charge on any atom is -0.466 e. The van der Waals surface area contributed by atoms with E-state index >= 15 is 0 Å². The van der Waals surface area contributed by atoms with Gasteiger partial charge in [-0.1, -0.05) is 13.8 Å². The Morgan fingerprint density at radius 3 is 2.67 bits per heavy atom. The molecule has 0 N–H and O–H groups in total. The Bertz CT molecular complexity index is 255. The van der Waals surface area contributed by atoms with Crippen molar-refractivity contribution in [3.8, 4) is 0 Å². The van der Waals surface area contributed by atoms with Crippen LogP contribution in [0.4, 0.5) is 0 Å². The summed E-state index contributed by atoms with van der Waals surface area (Å²) in [5, 5.41) is 0. The fraction of sp³-hybridized carbons (Fsp3) is 0.923. The van der Waals surface area contributed by atoms with E-state index in [1.54, 1.807) is 0 Å². The summed E-state index contributed by atoms with van der Waals surface area (Å²) in [7, 11) is 0. The highest BCUT2D eigenvalue weighted by molar-refractivity contribution is 5.69. The van der Waals surface area contributed by atoms with Crippen molar-refractivity contribution in [2.24, 2.45) is 23.2 Å². The molecule has 15 heavy (non-hydrogen) atoms. The fourth-order valence-corrected chi connectivity index (χ4v) is 3.64. The van der Waals surface area contributed by atoms with Gasteiger partial charge in [0.2, 0.25) is 0 Å². The molecule has 3 aliphatic carbocycles. The van der Waals surface area contributed by atoms with Crippen molar-refractivity contribution >= 4 is 5.97 Å². The Balaban J connectivity index is 1.91. The van der Waals surface area contributed by atoms with Gasteiger partial charge in [-0.25, -0.2) is 0 Å². The number of ether oxygens (including phenoxy) is 1. The van der Waals surface area contributed by atoms with E-state index in [2.05, 4.69) is 13.8 Å². The number of rotatable bonds is 3. The van der Waals surface area contributed by atoms with E-state index in [9.17, 15) is 4.79 Å². The molecule has 0 amide bonds. The number of carbonyl (C=O) groups is 1. The molecule has 3 aliphatic rings. The van der Waals surface area contributed by atoms with Crippen LogP contribution >= 0.6 is 0 Å². The molecule has 0 aromatic carbocycles. The van der Waals surface area contributed by atoms with E-state index in [0.29, 0.717) is 24.4 Å². The van der Waals surface area contributed by atoms with Crippen LogP contribution in [-0.4, -0.2) is 12.6 Å². The summed E-state index contributed by atoms with van der Waals surface area (Å²) in [5.41, 5.74) is 0.482. The predicted octanol–water partition coefficient (Wildman–Crippen LogP) is 3.01. The van der Waals surface area contributed by atoms with E-state index in [1.165, 1.54) is 19.3 Å². The van der Waals surface area contributed by atoms with Gasteiger partial charge in [-0.05, 0) is 49.4 Å². The van der Waals surface area contributed by atoms with Gasteiger partial charge in [0.15, 0.2) is 0 Å². The highest BCUT2D eigenvalue weighted by atomic mass is 16.5. The Labute approximate surface area is 92.4 Å². The summed E-state index contributed by atoms with van der Waals surface area (Å²) < 4.78 is 5.04. The lowest BCUT2D eigenvalue weighted by Gasteiger charge is -2.60. The van der Waals surface area contributed by atoms with Gasteiger partial charge in [0.25, 0.3) is 0 Å². The maximum atomic E-state index is 11.5. The molecule has 0 saturated heterocycles. The molecule has 2 nitrogen and oxygen atoms in total. The van der Waals surface area contributed by atoms with Crippen LogP contribution in [0, 0.1) is 23.2 Å². The molecule has 86 valence electrons. The van der Waals surface area contributed by atoms with Gasteiger partial charge < -0.3 is 4.74 Å². The third-order valence-electron chi connectivity index (χ3n) is 4.74. The molecule has 2 heteroatoms. The lowest BCUT2D eigenvalue weighted by Crippen LogP contribution is -2.52. The molecule has 0 aliphatic heterocycles. The zero-order chi connectivity index (χ0) is 11.1. The maximum Gasteiger partial charge on any atom is 0.306 e. The molecule has 0 spiro atoms. The topological polar surface area (TPSA) is 26.3 Å². The van der Waals surface area contributed by atoms with Crippen LogP contribution in [0.25, 0.3) is 0 Å². The van der Waals surface area contributed by atoms with Crippen LogP contribution in [0.1, 0.15) is 46.5 Å². The summed E-state index contributed by atoms with van der Waals surface area (Å²) >= 11 is 0. The molecular weight excluding hydrogens is 188 g/mol. The van der Waals surface area contributed by atoms with Crippen LogP contribution in [0.5, 0.6) is 0 Å². The van der Waals surface area contributed by atoms with Crippen LogP contribution in [0.15, 0.2) is 0 Å². The molecule has 3 saturated carbocycles. The zero-order valence-corrected chi connectivity index (χ0v) is 10.1. The minimum absolute atomic E-state index is 0.00338. The van der Waals surface area contributed by atoms with Crippen LogP contribution in [0.3, 0.4) is 0 Å². The number of hydrogen-bond acceptors (Lipinski definition) is 2. The summed E-state index contributed by atoms with van der Waals surface area (Å²) in [6.07, 6.45) is 4.54. The average molecular weight is 210 g/mol. The second kappa shape index (κ2) is 3.80. The van der Waals surface area contributed by atoms with Gasteiger partial charge in [0, 0.05) is 6.42 Å². The highest BCUT2D eigenvalue weighted by Gasteiger charge is 2.54. The van der Waals surface area contributed by atoms with Crippen molar-refractivity contribution in [1.29, 1.82) is 0 Å². The number of carbonyl (C=O) groups excluding carboxylic acids is 1. The largest absolute Gasteiger partial charge is 0.466 e. The second-order valence-corrected chi connectivity index (χ2v) is 5.71. The van der Waals surface area contributed by atoms with Gasteiger partial charge in [-0.3, -0.25) is 4.79 Å². The van der Waals surface area contributed by atoms with Gasteiger partial charge in [-0.15, -0.1) is 0 Å². The predicted molar refractivity (Wildman–Crippen MR) is 59.4 cm³/mol. The van der Waals surface area contributed by atoms with E-state index in [0.717, 1.165) is 11.8 Å². The molecule has 0 aromatic rings. The minimum atomic E-state index is 0.00338. The van der Waals surface area contributed by atoms with Gasteiger partial charge in [0.1, 0.15) is 0 Å². The van der Waals surface area contributed by atoms with Gasteiger partial charge >= 0.3 is 5.97 Å². The van der Waals surface area contributed by atoms with Gasteiger partial charge in [-0.2, -0.15) is 0 Å². The molecule has 3 atom stereocenters. The smallest absolute Gasteiger partial charge is 0.306 e. The third-order valence-corrected chi connectivity index (χ3v) is 4.74. The first-order valence-electron chi connectivity index (χ1n) is 6.21. The first-order chi connectivity index (χ1) is 7.05. The number of hydrogen-bond donors (Lipinski definition) is 0. The van der Waals surface area contributed by atoms with Crippen LogP contribution < -0.4 is 0 Å². The van der Waals surface area contributed by atoms with E-state index in [1.807, 2.05) is 6.92 Å². The van der Waals surface area contributed by atoms with Crippen molar-refractivity contribution in [2.45, 2.75) is 46.5 Å². The molecule has 0 heterocycles. The quantitative estimate of drug-likeness (QED) is 0.669. The van der Waals surface area contributed by atoms with Crippen molar-refractivity contribution in [3.05, 3.63) is 0 Å². The van der Waals surface area contributed by atoms with Gasteiger partial charge in [0.05, 0.1) is 6.61 Å². The summed E-state index contributed by atoms with van der Waals surface area (Å²) in [6, 6.07) is 0. The molecular formula is C13H22O2. The maximum absolute atomic E-state index is 11.5. The third kappa shape index (κ3) is 1.79. The zero-order valence-electron chi connectivity index (χ0n) is 10.1. The van der Waals surface area contributed by atoms with Crippen LogP contribution in [-0.2, 0) is 9.53 Å². The SMILES string of the molecule is CCOC(=O)CC1CC[C@@H]2C[C@H]1C2(C)C. The molecule has 2 bridgehead atoms. The molecule has 1 unspecified atom stereocenters. The van der Waals surface area contributed by atoms with Crippen molar-refractivity contribution in [1.82, 2.24) is 0 Å². The average Bonchev–Trinajstić information content (AvgIpc) is 2.17. The fourth-order valence-electron chi connectivity index (χ4n) is 3.64. The Kier molecular flexibility index (Phi) is 2.78. The first-order valence-corrected chi connectivity index (χ1v) is 6.21. The summed E-state index contributed by atoms with van der Waals surface area (Å²) in [6.45, 7) is 7.12. The van der Waals surface area contributed by atoms with Crippen molar-refractivity contribution < 1.29 is 9.53 Å². The van der Waals surface area contributed by atoms with E-state index in [-0.39, 0.29) is 5.97 Å². The highest BCUT2D eigenvalue weighted by Crippen LogP contribution is 2.61. The monoisotopic (exact) mass is 210 g/mol. The van der Waals surface area contributed by atoms with Crippen molar-refractivity contribution in [3.63, 3.8) is 0 Å². The number of esters is 1. The Morgan fingerprint density at radius 2 is 2.13 bits per heavy atom. The number of fused-ring (bicyclic) bond motifs is 2. The first kappa shape index (κ1) is 11.0. The Morgan fingerprint density at radius 1 is 1.40 bits per heavy atom. The molecule has 0 aromatic heterocycles. The molecule has 3 rings (SSSR count). The van der Waals surface area contributed by atoms with E-state index < -0.39 is 0 Å². The lowest BCUT2D eigenvalue weighted by atomic mass is 9.45. The standard InChI is InChI=1S/C13H22O2/c1-4-15-12(14)7-9-5-6-10-8-11(9)13(10,2)3/h9-11H,4-8H2,1-3H3/t9?,10-,11-/m1/s1. The van der Waals surface area contributed by atoms with Crippen LogP contribution in [0.2, 0.25) is 0 Å². The normalized spacial score (nSPS) is 36.9. The second-order valence-electron chi connectivity index (χ2n) is 5.71. The van der Waals surface area contributed by atoms with E-state index in [4.69, 9.17) is 4.74 Å². The molecule has 0 radical (unpaired) electrons. The molecule has 3 fully saturated rings. The summed E-state index contributed by atoms with van der Waals surface area (Å²) in [5.74, 6) is 2.27.